The van der Waals surface area contributed by atoms with Crippen LogP contribution in [0.2, 0.25) is 5.02 Å². The molecule has 9 heteroatoms. The highest BCUT2D eigenvalue weighted by atomic mass is 35.5. The second kappa shape index (κ2) is 9.31. The van der Waals surface area contributed by atoms with Gasteiger partial charge in [-0.2, -0.15) is 0 Å². The van der Waals surface area contributed by atoms with Crippen LogP contribution in [0.25, 0.3) is 0 Å². The van der Waals surface area contributed by atoms with Crippen molar-refractivity contribution in [1.29, 1.82) is 0 Å². The molecule has 0 aliphatic carbocycles. The van der Waals surface area contributed by atoms with Crippen LogP contribution < -0.4 is 10.2 Å². The maximum absolute atomic E-state index is 12.9. The van der Waals surface area contributed by atoms with E-state index in [1.807, 2.05) is 36.4 Å². The molecule has 0 unspecified atom stereocenters. The zero-order valence-electron chi connectivity index (χ0n) is 17.6. The van der Waals surface area contributed by atoms with E-state index in [2.05, 4.69) is 15.1 Å². The highest BCUT2D eigenvalue weighted by Gasteiger charge is 2.34. The molecule has 168 valence electrons. The first-order valence-electron chi connectivity index (χ1n) is 10.8. The van der Waals surface area contributed by atoms with Gasteiger partial charge in [0.05, 0.1) is 18.9 Å². The lowest BCUT2D eigenvalue weighted by molar-refractivity contribution is -0.118. The van der Waals surface area contributed by atoms with Gasteiger partial charge in [-0.1, -0.05) is 23.4 Å². The summed E-state index contributed by atoms with van der Waals surface area (Å²) in [5.41, 5.74) is 2.47. The van der Waals surface area contributed by atoms with Crippen molar-refractivity contribution in [3.05, 3.63) is 53.1 Å². The summed E-state index contributed by atoms with van der Waals surface area (Å²) in [6, 6.07) is 13.5. The van der Waals surface area contributed by atoms with E-state index < -0.39 is 0 Å². The van der Waals surface area contributed by atoms with E-state index in [4.69, 9.17) is 16.3 Å². The molecule has 2 fully saturated rings. The van der Waals surface area contributed by atoms with Gasteiger partial charge in [0.2, 0.25) is 0 Å². The smallest absolute Gasteiger partial charge is 0.254 e. The number of benzene rings is 2. The van der Waals surface area contributed by atoms with E-state index in [9.17, 15) is 9.59 Å². The molecule has 2 aromatic carbocycles. The van der Waals surface area contributed by atoms with Crippen molar-refractivity contribution in [2.45, 2.75) is 10.3 Å². The summed E-state index contributed by atoms with van der Waals surface area (Å²) < 4.78 is 5.33. The summed E-state index contributed by atoms with van der Waals surface area (Å²) in [6.45, 7) is 5.64. The monoisotopic (exact) mass is 472 g/mol. The minimum atomic E-state index is -0.268. The van der Waals surface area contributed by atoms with Gasteiger partial charge in [0.15, 0.2) is 0 Å². The van der Waals surface area contributed by atoms with Gasteiger partial charge in [-0.25, -0.2) is 0 Å². The van der Waals surface area contributed by atoms with E-state index in [1.54, 1.807) is 22.7 Å². The molecule has 5 rings (SSSR count). The lowest BCUT2D eigenvalue weighted by atomic mass is 10.1. The molecule has 32 heavy (non-hydrogen) atoms. The number of morpholine rings is 1. The molecule has 2 saturated heterocycles. The van der Waals surface area contributed by atoms with Crippen molar-refractivity contribution < 1.29 is 14.3 Å². The maximum Gasteiger partial charge on any atom is 0.254 e. The van der Waals surface area contributed by atoms with E-state index >= 15 is 0 Å². The van der Waals surface area contributed by atoms with Crippen LogP contribution in [0.1, 0.15) is 10.4 Å². The average molecular weight is 473 g/mol. The predicted molar refractivity (Wildman–Crippen MR) is 127 cm³/mol. The first-order chi connectivity index (χ1) is 15.6. The Morgan fingerprint density at radius 1 is 1.00 bits per heavy atom. The van der Waals surface area contributed by atoms with Gasteiger partial charge in [-0.05, 0) is 42.5 Å². The zero-order valence-corrected chi connectivity index (χ0v) is 19.2. The van der Waals surface area contributed by atoms with Crippen LogP contribution >= 0.6 is 23.4 Å². The summed E-state index contributed by atoms with van der Waals surface area (Å²) >= 11 is 7.56. The number of carbonyl (C=O) groups excluding carboxylic acids is 2. The van der Waals surface area contributed by atoms with Crippen LogP contribution in [0.4, 0.5) is 11.4 Å². The fraction of sp³-hybridized carbons (Fsp3) is 0.391. The second-order valence-corrected chi connectivity index (χ2v) is 9.63. The molecule has 1 atom stereocenters. The van der Waals surface area contributed by atoms with E-state index in [0.717, 1.165) is 47.5 Å². The zero-order chi connectivity index (χ0) is 22.1. The highest BCUT2D eigenvalue weighted by Crippen LogP contribution is 2.38. The normalized spacial score (nSPS) is 21.8. The molecule has 0 bridgehead atoms. The van der Waals surface area contributed by atoms with Crippen LogP contribution in [0, 0.1) is 0 Å². The Morgan fingerprint density at radius 2 is 1.72 bits per heavy atom. The number of nitrogens with one attached hydrogen (secondary N) is 1. The number of anilines is 2. The molecular weight excluding hydrogens is 448 g/mol. The van der Waals surface area contributed by atoms with Crippen LogP contribution in [-0.4, -0.2) is 79.5 Å². The van der Waals surface area contributed by atoms with Gasteiger partial charge in [-0.3, -0.25) is 14.5 Å². The van der Waals surface area contributed by atoms with Gasteiger partial charge in [0.1, 0.15) is 5.37 Å². The van der Waals surface area contributed by atoms with Gasteiger partial charge in [0, 0.05) is 60.4 Å². The Morgan fingerprint density at radius 3 is 2.44 bits per heavy atom. The third-order valence-corrected chi connectivity index (χ3v) is 7.68. The topological polar surface area (TPSA) is 65.1 Å². The number of thioether (sulfide) groups is 1. The fourth-order valence-electron chi connectivity index (χ4n) is 4.29. The Balaban J connectivity index is 1.24. The summed E-state index contributed by atoms with van der Waals surface area (Å²) in [5.74, 6) is -0.0470. The molecule has 0 aromatic heterocycles. The number of hydrogen-bond acceptors (Lipinski definition) is 6. The molecule has 1 N–H and O–H groups in total. The Kier molecular flexibility index (Phi) is 6.28. The molecule has 2 amide bonds. The number of hydrogen-bond donors (Lipinski definition) is 1. The van der Waals surface area contributed by atoms with Crippen LogP contribution in [0.3, 0.4) is 0 Å². The Bertz CT molecular complexity index is 1000. The molecule has 3 heterocycles. The lowest BCUT2D eigenvalue weighted by Crippen LogP contribution is -2.53. The van der Waals surface area contributed by atoms with Gasteiger partial charge in [0.25, 0.3) is 11.8 Å². The molecule has 7 nitrogen and oxygen atoms in total. The van der Waals surface area contributed by atoms with E-state index in [1.165, 1.54) is 0 Å². The molecule has 0 spiro atoms. The number of piperazine rings is 1. The highest BCUT2D eigenvalue weighted by molar-refractivity contribution is 8.00. The van der Waals surface area contributed by atoms with Crippen LogP contribution in [0.15, 0.2) is 47.4 Å². The number of halogens is 1. The van der Waals surface area contributed by atoms with Crippen molar-refractivity contribution in [3.63, 3.8) is 0 Å². The summed E-state index contributed by atoms with van der Waals surface area (Å²) in [5, 5.41) is 3.49. The van der Waals surface area contributed by atoms with Gasteiger partial charge < -0.3 is 19.9 Å². The number of nitrogens with zero attached hydrogens (tertiary/aromatic N) is 3. The average Bonchev–Trinajstić information content (AvgIpc) is 2.84. The van der Waals surface area contributed by atoms with Gasteiger partial charge in [-0.15, -0.1) is 0 Å². The SMILES string of the molecule is O=C1Nc2cc(C(=O)N3CCOCC3)ccc2S[C@H]1N1CCN(c2ccc(Cl)cc2)CC1. The number of amides is 2. The minimum Gasteiger partial charge on any atom is -0.378 e. The molecule has 0 saturated carbocycles. The van der Waals surface area contributed by atoms with E-state index in [0.29, 0.717) is 31.9 Å². The summed E-state index contributed by atoms with van der Waals surface area (Å²) in [6.07, 6.45) is 0. The molecular formula is C23H25ClN4O3S. The Labute approximate surface area is 196 Å². The third-order valence-electron chi connectivity index (χ3n) is 6.08. The van der Waals surface area contributed by atoms with E-state index in [-0.39, 0.29) is 17.2 Å². The molecule has 2 aromatic rings. The number of rotatable bonds is 3. The fourth-order valence-corrected chi connectivity index (χ4v) is 5.56. The van der Waals surface area contributed by atoms with Crippen molar-refractivity contribution in [2.75, 3.05) is 62.7 Å². The van der Waals surface area contributed by atoms with Gasteiger partial charge >= 0.3 is 0 Å². The van der Waals surface area contributed by atoms with Crippen molar-refractivity contribution >= 4 is 46.6 Å². The van der Waals surface area contributed by atoms with Crippen molar-refractivity contribution in [3.8, 4) is 0 Å². The molecule has 0 radical (unpaired) electrons. The third kappa shape index (κ3) is 4.45. The molecule has 3 aliphatic heterocycles. The Hall–Kier alpha value is -2.26. The minimum absolute atomic E-state index is 0.0178. The largest absolute Gasteiger partial charge is 0.378 e. The lowest BCUT2D eigenvalue weighted by Gasteiger charge is -2.40. The summed E-state index contributed by atoms with van der Waals surface area (Å²) in [7, 11) is 0. The number of ether oxygens (including phenoxy) is 1. The standard InChI is InChI=1S/C23H25ClN4O3S/c24-17-2-4-18(5-3-17)26-7-9-28(10-8-26)23-21(29)25-19-15-16(1-6-20(19)32-23)22(30)27-11-13-31-14-12-27/h1-6,15,23H,7-14H2,(H,25,29)/t23-/m1/s1. The van der Waals surface area contributed by atoms with Crippen molar-refractivity contribution in [1.82, 2.24) is 9.80 Å². The first kappa shape index (κ1) is 21.6. The number of carbonyl (C=O) groups is 2. The quantitative estimate of drug-likeness (QED) is 0.740. The van der Waals surface area contributed by atoms with Crippen molar-refractivity contribution in [2.24, 2.45) is 0 Å². The number of fused-ring (bicyclic) bond motifs is 1. The predicted octanol–water partition coefficient (Wildman–Crippen LogP) is 3.00. The maximum atomic E-state index is 12.9. The van der Waals surface area contributed by atoms with Crippen LogP contribution in [-0.2, 0) is 9.53 Å². The first-order valence-corrected chi connectivity index (χ1v) is 12.1. The second-order valence-electron chi connectivity index (χ2n) is 8.07. The van der Waals surface area contributed by atoms with Crippen LogP contribution in [0.5, 0.6) is 0 Å². The summed E-state index contributed by atoms with van der Waals surface area (Å²) in [4.78, 5) is 33.0. The molecule has 3 aliphatic rings.